The number of nitrogens with one attached hydrogen (secondary N) is 2. The molecule has 1 fully saturated rings. The summed E-state index contributed by atoms with van der Waals surface area (Å²) in [6.07, 6.45) is 8.34. The predicted octanol–water partition coefficient (Wildman–Crippen LogP) is 3.44. The molecule has 1 saturated carbocycles. The zero-order valence-corrected chi connectivity index (χ0v) is 20.0. The monoisotopic (exact) mass is 488 g/mol. The summed E-state index contributed by atoms with van der Waals surface area (Å²) in [5.74, 6) is -1.42. The molecule has 0 radical (unpaired) electrons. The van der Waals surface area contributed by atoms with Crippen LogP contribution in [0.4, 0.5) is 5.69 Å². The van der Waals surface area contributed by atoms with Gasteiger partial charge >= 0.3 is 0 Å². The molecule has 9 nitrogen and oxygen atoms in total. The molecule has 36 heavy (non-hydrogen) atoms. The fraction of sp³-hybridized carbons (Fsp3) is 0.296. The highest BCUT2D eigenvalue weighted by atomic mass is 16.3. The summed E-state index contributed by atoms with van der Waals surface area (Å²) in [5, 5.41) is 5.65. The van der Waals surface area contributed by atoms with Crippen molar-refractivity contribution in [2.24, 2.45) is 0 Å². The van der Waals surface area contributed by atoms with Gasteiger partial charge in [0.25, 0.3) is 5.91 Å². The lowest BCUT2D eigenvalue weighted by Gasteiger charge is -2.32. The first-order chi connectivity index (χ1) is 17.4. The van der Waals surface area contributed by atoms with Gasteiger partial charge < -0.3 is 15.1 Å². The lowest BCUT2D eigenvalue weighted by Crippen LogP contribution is -2.49. The van der Waals surface area contributed by atoms with Crippen LogP contribution in [0.15, 0.2) is 71.6 Å². The average Bonchev–Trinajstić information content (AvgIpc) is 3.61. The molecular formula is C27H28N4O5. The average molecular weight is 489 g/mol. The van der Waals surface area contributed by atoms with E-state index in [2.05, 4.69) is 15.6 Å². The second-order valence-electron chi connectivity index (χ2n) is 8.70. The molecular weight excluding hydrogens is 460 g/mol. The van der Waals surface area contributed by atoms with Gasteiger partial charge in [0.1, 0.15) is 6.04 Å². The van der Waals surface area contributed by atoms with Gasteiger partial charge in [0.15, 0.2) is 11.5 Å². The number of hydrogen-bond acceptors (Lipinski definition) is 6. The van der Waals surface area contributed by atoms with E-state index in [4.69, 9.17) is 4.42 Å². The summed E-state index contributed by atoms with van der Waals surface area (Å²) in [7, 11) is 0. The first-order valence-corrected chi connectivity index (χ1v) is 11.9. The van der Waals surface area contributed by atoms with E-state index in [0.29, 0.717) is 16.8 Å². The molecule has 9 heteroatoms. The maximum absolute atomic E-state index is 13.6. The summed E-state index contributed by atoms with van der Waals surface area (Å²) < 4.78 is 5.10. The number of amides is 3. The Labute approximate surface area is 208 Å². The normalized spacial score (nSPS) is 14.1. The van der Waals surface area contributed by atoms with Gasteiger partial charge in [-0.2, -0.15) is 0 Å². The van der Waals surface area contributed by atoms with Gasteiger partial charge in [-0.05, 0) is 73.9 Å². The third kappa shape index (κ3) is 5.86. The van der Waals surface area contributed by atoms with Gasteiger partial charge in [0, 0.05) is 29.7 Å². The number of furan rings is 1. The highest BCUT2D eigenvalue weighted by molar-refractivity contribution is 6.04. The second kappa shape index (κ2) is 11.4. The third-order valence-electron chi connectivity index (χ3n) is 6.20. The van der Waals surface area contributed by atoms with Crippen LogP contribution in [-0.2, 0) is 9.59 Å². The van der Waals surface area contributed by atoms with Crippen LogP contribution in [0.25, 0.3) is 0 Å². The van der Waals surface area contributed by atoms with Crippen molar-refractivity contribution in [2.75, 3.05) is 11.4 Å². The van der Waals surface area contributed by atoms with E-state index >= 15 is 0 Å². The van der Waals surface area contributed by atoms with Crippen LogP contribution in [0, 0.1) is 0 Å². The minimum Gasteiger partial charge on any atom is -0.459 e. The van der Waals surface area contributed by atoms with Crippen LogP contribution in [-0.4, -0.2) is 41.1 Å². The minimum absolute atomic E-state index is 0.0394. The number of anilines is 1. The highest BCUT2D eigenvalue weighted by Crippen LogP contribution is 2.29. The Morgan fingerprint density at radius 3 is 2.33 bits per heavy atom. The number of carbonyl (C=O) groups is 4. The molecule has 0 aliphatic heterocycles. The summed E-state index contributed by atoms with van der Waals surface area (Å²) in [4.78, 5) is 56.8. The smallest absolute Gasteiger partial charge is 0.287 e. The molecule has 1 aromatic carbocycles. The maximum atomic E-state index is 13.6. The fourth-order valence-corrected chi connectivity index (χ4v) is 4.34. The molecule has 2 heterocycles. The van der Waals surface area contributed by atoms with Crippen molar-refractivity contribution in [2.45, 2.75) is 44.7 Å². The van der Waals surface area contributed by atoms with Gasteiger partial charge in [-0.3, -0.25) is 29.1 Å². The van der Waals surface area contributed by atoms with Crippen LogP contribution in [0.2, 0.25) is 0 Å². The zero-order valence-electron chi connectivity index (χ0n) is 20.0. The molecule has 1 atom stereocenters. The van der Waals surface area contributed by atoms with E-state index in [1.54, 1.807) is 54.9 Å². The molecule has 3 amide bonds. The Morgan fingerprint density at radius 1 is 1.03 bits per heavy atom. The van der Waals surface area contributed by atoms with Gasteiger partial charge in [-0.15, -0.1) is 0 Å². The molecule has 0 unspecified atom stereocenters. The van der Waals surface area contributed by atoms with E-state index in [1.807, 2.05) is 0 Å². The largest absolute Gasteiger partial charge is 0.459 e. The Balaban J connectivity index is 1.68. The molecule has 3 aromatic rings. The number of rotatable bonds is 9. The Morgan fingerprint density at radius 2 is 1.72 bits per heavy atom. The Bertz CT molecular complexity index is 1200. The number of ketones is 1. The molecule has 1 aliphatic carbocycles. The number of carbonyl (C=O) groups excluding carboxylic acids is 4. The topological polar surface area (TPSA) is 122 Å². The van der Waals surface area contributed by atoms with Crippen LogP contribution < -0.4 is 15.5 Å². The van der Waals surface area contributed by atoms with E-state index in [1.165, 1.54) is 24.2 Å². The molecule has 2 aromatic heterocycles. The first kappa shape index (κ1) is 24.8. The molecule has 0 bridgehead atoms. The van der Waals surface area contributed by atoms with E-state index in [-0.39, 0.29) is 30.0 Å². The number of hydrogen-bond donors (Lipinski definition) is 2. The second-order valence-corrected chi connectivity index (χ2v) is 8.70. The summed E-state index contributed by atoms with van der Waals surface area (Å²) in [6.45, 7) is 1.09. The van der Waals surface area contributed by atoms with E-state index in [0.717, 1.165) is 25.7 Å². The summed E-state index contributed by atoms with van der Waals surface area (Å²) >= 11 is 0. The quantitative estimate of drug-likeness (QED) is 0.445. The maximum Gasteiger partial charge on any atom is 0.287 e. The van der Waals surface area contributed by atoms with Gasteiger partial charge in [-0.25, -0.2) is 0 Å². The van der Waals surface area contributed by atoms with Crippen LogP contribution in [0.1, 0.15) is 65.1 Å². The van der Waals surface area contributed by atoms with Crippen molar-refractivity contribution in [3.8, 4) is 0 Å². The molecule has 186 valence electrons. The lowest BCUT2D eigenvalue weighted by atomic mass is 10.0. The van der Waals surface area contributed by atoms with Crippen molar-refractivity contribution < 1.29 is 23.6 Å². The van der Waals surface area contributed by atoms with Crippen LogP contribution in [0.3, 0.4) is 0 Å². The lowest BCUT2D eigenvalue weighted by molar-refractivity contribution is -0.126. The highest BCUT2D eigenvalue weighted by Gasteiger charge is 2.34. The van der Waals surface area contributed by atoms with Gasteiger partial charge in [0.05, 0.1) is 12.8 Å². The van der Waals surface area contributed by atoms with Crippen molar-refractivity contribution in [1.82, 2.24) is 15.6 Å². The molecule has 0 saturated heterocycles. The van der Waals surface area contributed by atoms with Crippen LogP contribution in [0.5, 0.6) is 0 Å². The summed E-state index contributed by atoms with van der Waals surface area (Å²) in [6, 6.07) is 11.9. The van der Waals surface area contributed by atoms with Crippen LogP contribution >= 0.6 is 0 Å². The summed E-state index contributed by atoms with van der Waals surface area (Å²) in [5.41, 5.74) is 1.47. The first-order valence-electron chi connectivity index (χ1n) is 11.9. The molecule has 4 rings (SSSR count). The number of benzene rings is 1. The Kier molecular flexibility index (Phi) is 7.89. The third-order valence-corrected chi connectivity index (χ3v) is 6.20. The fourth-order valence-electron chi connectivity index (χ4n) is 4.34. The van der Waals surface area contributed by atoms with Crippen molar-refractivity contribution in [1.29, 1.82) is 0 Å². The molecule has 2 N–H and O–H groups in total. The standard InChI is InChI=1S/C27H28N4O5/c1-18(32)19-8-10-22(11-9-19)31(24(33)17-29-26(34)23-7-4-16-36-23)25(20-12-14-28-15-13-20)27(35)30-21-5-2-3-6-21/h4,7-16,21,25H,2-3,5-6,17H2,1H3,(H,29,34)(H,30,35)/t25-/m1/s1. The number of pyridine rings is 1. The van der Waals surface area contributed by atoms with Crippen molar-refractivity contribution >= 4 is 29.2 Å². The van der Waals surface area contributed by atoms with Crippen molar-refractivity contribution in [3.63, 3.8) is 0 Å². The number of nitrogens with zero attached hydrogens (tertiary/aromatic N) is 2. The number of Topliss-reactive ketones (excluding diaryl/α,β-unsaturated/α-hetero) is 1. The SMILES string of the molecule is CC(=O)c1ccc(N(C(=O)CNC(=O)c2ccco2)[C@@H](C(=O)NC2CCCC2)c2ccncc2)cc1. The van der Waals surface area contributed by atoms with E-state index in [9.17, 15) is 19.2 Å². The molecule has 1 aliphatic rings. The zero-order chi connectivity index (χ0) is 25.5. The molecule has 0 spiro atoms. The van der Waals surface area contributed by atoms with Gasteiger partial charge in [0.2, 0.25) is 11.8 Å². The Hall–Kier alpha value is -4.27. The number of aromatic nitrogens is 1. The van der Waals surface area contributed by atoms with Gasteiger partial charge in [-0.1, -0.05) is 12.8 Å². The predicted molar refractivity (Wildman–Crippen MR) is 132 cm³/mol. The van der Waals surface area contributed by atoms with E-state index < -0.39 is 17.9 Å². The minimum atomic E-state index is -1.01. The van der Waals surface area contributed by atoms with Crippen molar-refractivity contribution in [3.05, 3.63) is 84.1 Å².